The van der Waals surface area contributed by atoms with Crippen molar-refractivity contribution in [3.63, 3.8) is 0 Å². The van der Waals surface area contributed by atoms with Crippen LogP contribution in [0.25, 0.3) is 0 Å². The van der Waals surface area contributed by atoms with Gasteiger partial charge in [-0.05, 0) is 28.1 Å². The minimum Gasteiger partial charge on any atom is -0.322 e. The monoisotopic (exact) mass is 225 g/mol. The maximum atomic E-state index is 8.42. The Balaban J connectivity index is 2.88. The lowest BCUT2D eigenvalue weighted by Crippen LogP contribution is -2.11. The van der Waals surface area contributed by atoms with E-state index in [1.54, 1.807) is 6.20 Å². The smallest absolute Gasteiger partial charge is 0.0723 e. The summed E-state index contributed by atoms with van der Waals surface area (Å²) in [6.07, 6.45) is 1.95. The van der Waals surface area contributed by atoms with Gasteiger partial charge in [-0.25, -0.2) is 0 Å². The first-order chi connectivity index (χ1) is 5.75. The Morgan fingerprint density at radius 1 is 1.75 bits per heavy atom. The molecule has 0 bridgehead atoms. The van der Waals surface area contributed by atoms with E-state index in [9.17, 15) is 0 Å². The van der Waals surface area contributed by atoms with E-state index in [2.05, 4.69) is 20.9 Å². The first-order valence-electron chi connectivity index (χ1n) is 3.48. The van der Waals surface area contributed by atoms with Crippen LogP contribution >= 0.6 is 15.9 Å². The van der Waals surface area contributed by atoms with E-state index in [1.165, 1.54) is 0 Å². The van der Waals surface area contributed by atoms with Crippen molar-refractivity contribution >= 4 is 15.9 Å². The van der Waals surface area contributed by atoms with Gasteiger partial charge in [0.15, 0.2) is 0 Å². The Morgan fingerprint density at radius 3 is 3.08 bits per heavy atom. The molecule has 0 spiro atoms. The Bertz CT molecular complexity index is 305. The molecule has 3 nitrogen and oxygen atoms in total. The highest BCUT2D eigenvalue weighted by atomic mass is 79.9. The zero-order valence-electron chi connectivity index (χ0n) is 6.37. The number of pyridine rings is 1. The second-order valence-corrected chi connectivity index (χ2v) is 3.19. The summed E-state index contributed by atoms with van der Waals surface area (Å²) in [6.45, 7) is 0. The average Bonchev–Trinajstić information content (AvgIpc) is 2.05. The van der Waals surface area contributed by atoms with E-state index >= 15 is 0 Å². The quantitative estimate of drug-likeness (QED) is 0.835. The van der Waals surface area contributed by atoms with Gasteiger partial charge in [-0.15, -0.1) is 0 Å². The van der Waals surface area contributed by atoms with E-state index in [-0.39, 0.29) is 12.5 Å². The van der Waals surface area contributed by atoms with Gasteiger partial charge in [0, 0.05) is 10.7 Å². The number of hydrogen-bond donors (Lipinski definition) is 1. The average molecular weight is 226 g/mol. The van der Waals surface area contributed by atoms with E-state index in [4.69, 9.17) is 11.0 Å². The molecule has 0 aliphatic carbocycles. The molecule has 0 aromatic carbocycles. The molecule has 1 aromatic rings. The molecule has 1 rings (SSSR count). The summed E-state index contributed by atoms with van der Waals surface area (Å²) in [6, 6.07) is 5.38. The molecule has 2 N–H and O–H groups in total. The van der Waals surface area contributed by atoms with Gasteiger partial charge in [0.1, 0.15) is 0 Å². The van der Waals surface area contributed by atoms with Crippen LogP contribution in [0.3, 0.4) is 0 Å². The largest absolute Gasteiger partial charge is 0.322 e. The van der Waals surface area contributed by atoms with Crippen LogP contribution in [0.2, 0.25) is 0 Å². The molecular formula is C8H8BrN3. The summed E-state index contributed by atoms with van der Waals surface area (Å²) in [7, 11) is 0. The van der Waals surface area contributed by atoms with E-state index in [0.717, 1.165) is 10.2 Å². The van der Waals surface area contributed by atoms with Crippen LogP contribution in [-0.2, 0) is 0 Å². The lowest BCUT2D eigenvalue weighted by Gasteiger charge is -2.07. The zero-order chi connectivity index (χ0) is 8.97. The van der Waals surface area contributed by atoms with E-state index in [1.807, 2.05) is 18.2 Å². The van der Waals surface area contributed by atoms with Crippen molar-refractivity contribution in [3.8, 4) is 6.07 Å². The fraction of sp³-hybridized carbons (Fsp3) is 0.250. The molecule has 0 saturated heterocycles. The van der Waals surface area contributed by atoms with Crippen molar-refractivity contribution in [1.82, 2.24) is 4.98 Å². The third-order valence-corrected chi connectivity index (χ3v) is 2.12. The number of rotatable bonds is 2. The molecule has 0 aliphatic rings. The number of halogens is 1. The molecule has 62 valence electrons. The molecule has 0 saturated carbocycles. The zero-order valence-corrected chi connectivity index (χ0v) is 7.95. The Labute approximate surface area is 79.3 Å². The summed E-state index contributed by atoms with van der Waals surface area (Å²) in [4.78, 5) is 4.07. The van der Waals surface area contributed by atoms with Crippen molar-refractivity contribution < 1.29 is 0 Å². The van der Waals surface area contributed by atoms with Crippen LogP contribution in [0.1, 0.15) is 18.2 Å². The minimum absolute atomic E-state index is 0.287. The van der Waals surface area contributed by atoms with Crippen molar-refractivity contribution in [2.45, 2.75) is 12.5 Å². The topological polar surface area (TPSA) is 62.7 Å². The fourth-order valence-corrected chi connectivity index (χ4v) is 1.41. The van der Waals surface area contributed by atoms with Crippen LogP contribution in [0.15, 0.2) is 22.8 Å². The molecule has 4 heteroatoms. The normalized spacial score (nSPS) is 12.1. The summed E-state index contributed by atoms with van der Waals surface area (Å²) in [5, 5.41) is 8.42. The van der Waals surface area contributed by atoms with Crippen LogP contribution < -0.4 is 5.73 Å². The Kier molecular flexibility index (Phi) is 3.20. The lowest BCUT2D eigenvalue weighted by atomic mass is 10.1. The summed E-state index contributed by atoms with van der Waals surface area (Å²) in [5.74, 6) is 0. The fourth-order valence-electron chi connectivity index (χ4n) is 0.866. The van der Waals surface area contributed by atoms with Gasteiger partial charge in [-0.1, -0.05) is 0 Å². The van der Waals surface area contributed by atoms with Gasteiger partial charge in [-0.2, -0.15) is 5.26 Å². The number of nitrogens with zero attached hydrogens (tertiary/aromatic N) is 2. The van der Waals surface area contributed by atoms with Gasteiger partial charge in [0.05, 0.1) is 24.2 Å². The lowest BCUT2D eigenvalue weighted by molar-refractivity contribution is 0.715. The summed E-state index contributed by atoms with van der Waals surface area (Å²) in [5.41, 5.74) is 6.43. The van der Waals surface area contributed by atoms with Crippen molar-refractivity contribution in [3.05, 3.63) is 28.5 Å². The number of aromatic nitrogens is 1. The number of nitrogens with two attached hydrogens (primary N) is 1. The predicted molar refractivity (Wildman–Crippen MR) is 49.1 cm³/mol. The Hall–Kier alpha value is -0.920. The second kappa shape index (κ2) is 4.19. The van der Waals surface area contributed by atoms with Crippen molar-refractivity contribution in [1.29, 1.82) is 5.26 Å². The van der Waals surface area contributed by atoms with Crippen molar-refractivity contribution in [2.75, 3.05) is 0 Å². The molecule has 1 heterocycles. The summed E-state index contributed by atoms with van der Waals surface area (Å²) >= 11 is 3.31. The van der Waals surface area contributed by atoms with E-state index < -0.39 is 0 Å². The Morgan fingerprint density at radius 2 is 2.50 bits per heavy atom. The molecule has 1 atom stereocenters. The van der Waals surface area contributed by atoms with Crippen LogP contribution in [0, 0.1) is 11.3 Å². The molecule has 0 amide bonds. The molecule has 0 aliphatic heterocycles. The molecule has 12 heavy (non-hydrogen) atoms. The first kappa shape index (κ1) is 9.17. The van der Waals surface area contributed by atoms with Gasteiger partial charge < -0.3 is 5.73 Å². The van der Waals surface area contributed by atoms with Gasteiger partial charge in [0.25, 0.3) is 0 Å². The molecule has 1 aromatic heterocycles. The van der Waals surface area contributed by atoms with Gasteiger partial charge in [0.2, 0.25) is 0 Å². The molecule has 0 fully saturated rings. The standard InChI is InChI=1S/C8H8BrN3/c9-6-2-1-5-12-8(6)7(11)3-4-10/h1-2,5,7H,3,11H2. The highest BCUT2D eigenvalue weighted by molar-refractivity contribution is 9.10. The maximum absolute atomic E-state index is 8.42. The first-order valence-corrected chi connectivity index (χ1v) is 4.28. The molecular weight excluding hydrogens is 218 g/mol. The second-order valence-electron chi connectivity index (χ2n) is 2.34. The van der Waals surface area contributed by atoms with Crippen LogP contribution in [0.5, 0.6) is 0 Å². The highest BCUT2D eigenvalue weighted by Gasteiger charge is 2.09. The van der Waals surface area contributed by atoms with E-state index in [0.29, 0.717) is 0 Å². The maximum Gasteiger partial charge on any atom is 0.0723 e. The molecule has 1 unspecified atom stereocenters. The summed E-state index contributed by atoms with van der Waals surface area (Å²) < 4.78 is 0.854. The van der Waals surface area contributed by atoms with Crippen LogP contribution in [0.4, 0.5) is 0 Å². The van der Waals surface area contributed by atoms with Gasteiger partial charge >= 0.3 is 0 Å². The predicted octanol–water partition coefficient (Wildman–Crippen LogP) is 1.76. The van der Waals surface area contributed by atoms with Gasteiger partial charge in [-0.3, -0.25) is 4.98 Å². The number of hydrogen-bond acceptors (Lipinski definition) is 3. The third-order valence-electron chi connectivity index (χ3n) is 1.45. The van der Waals surface area contributed by atoms with Crippen molar-refractivity contribution in [2.24, 2.45) is 5.73 Å². The highest BCUT2D eigenvalue weighted by Crippen LogP contribution is 2.20. The van der Waals surface area contributed by atoms with Crippen LogP contribution in [-0.4, -0.2) is 4.98 Å². The third kappa shape index (κ3) is 2.03. The number of nitriles is 1. The SMILES string of the molecule is N#CCC(N)c1ncccc1Br. The minimum atomic E-state index is -0.300. The molecule has 0 radical (unpaired) electrons.